The number of rotatable bonds is 4. The van der Waals surface area contributed by atoms with E-state index in [2.05, 4.69) is 48.2 Å². The van der Waals surface area contributed by atoms with E-state index in [4.69, 9.17) is 8.39 Å². The third-order valence-corrected chi connectivity index (χ3v) is 5.77. The third kappa shape index (κ3) is 3.06. The quantitative estimate of drug-likeness (QED) is 0.585. The molecule has 0 unspecified atom stereocenters. The smallest absolute Gasteiger partial charge is 0.309 e. The van der Waals surface area contributed by atoms with E-state index < -0.39 is 8.16 Å². The van der Waals surface area contributed by atoms with Crippen LogP contribution in [-0.2, 0) is 0 Å². The van der Waals surface area contributed by atoms with Gasteiger partial charge in [0.1, 0.15) is 11.2 Å². The zero-order chi connectivity index (χ0) is 16.4. The van der Waals surface area contributed by atoms with E-state index >= 15 is 0 Å². The molecule has 1 aromatic heterocycles. The molecule has 2 aromatic carbocycles. The fourth-order valence-corrected chi connectivity index (χ4v) is 4.20. The fourth-order valence-electron chi connectivity index (χ4n) is 2.95. The van der Waals surface area contributed by atoms with Gasteiger partial charge in [0.25, 0.3) is 0 Å². The van der Waals surface area contributed by atoms with E-state index in [0.717, 1.165) is 34.9 Å². The van der Waals surface area contributed by atoms with Crippen LogP contribution in [0.5, 0.6) is 0 Å². The first-order valence-electron chi connectivity index (χ1n) is 8.22. The van der Waals surface area contributed by atoms with E-state index in [9.17, 15) is 0 Å². The van der Waals surface area contributed by atoms with Gasteiger partial charge in [-0.05, 0) is 24.5 Å². The van der Waals surface area contributed by atoms with Crippen LogP contribution in [-0.4, -0.2) is 13.6 Å². The molecule has 4 heteroatoms. The van der Waals surface area contributed by atoms with Crippen LogP contribution in [0, 0.1) is 5.92 Å². The molecule has 0 N–H and O–H groups in total. The fraction of sp³-hybridized carbons (Fsp3) is 0.200. The van der Waals surface area contributed by atoms with Gasteiger partial charge in [-0.3, -0.25) is 0 Å². The summed E-state index contributed by atoms with van der Waals surface area (Å²) in [6.45, 7) is 0.926. The molecule has 0 atom stereocenters. The van der Waals surface area contributed by atoms with Gasteiger partial charge in [0.05, 0.1) is 0 Å². The van der Waals surface area contributed by atoms with Crippen molar-refractivity contribution in [3.05, 3.63) is 72.8 Å². The van der Waals surface area contributed by atoms with Crippen LogP contribution in [0.25, 0.3) is 21.9 Å². The summed E-state index contributed by atoms with van der Waals surface area (Å²) in [4.78, 5) is 0. The Bertz CT molecular complexity index is 888. The summed E-state index contributed by atoms with van der Waals surface area (Å²) in [6, 6.07) is 16.3. The summed E-state index contributed by atoms with van der Waals surface area (Å²) in [5.74, 6) is 0.522. The maximum Gasteiger partial charge on any atom is 0.309 e. The van der Waals surface area contributed by atoms with Crippen molar-refractivity contribution in [2.75, 3.05) is 18.3 Å². The van der Waals surface area contributed by atoms with Crippen LogP contribution in [0.3, 0.4) is 0 Å². The molecular formula is C20H20NO2P. The maximum absolute atomic E-state index is 6.25. The van der Waals surface area contributed by atoms with E-state index in [-0.39, 0.29) is 0 Å². The van der Waals surface area contributed by atoms with Gasteiger partial charge in [-0.1, -0.05) is 60.7 Å². The van der Waals surface area contributed by atoms with Gasteiger partial charge in [0.15, 0.2) is 0 Å². The predicted molar refractivity (Wildman–Crippen MR) is 102 cm³/mol. The molecule has 0 aliphatic heterocycles. The molecule has 0 radical (unpaired) electrons. The number of allylic oxidation sites excluding steroid dienone is 4. The number of hydrogen-bond donors (Lipinski definition) is 0. The molecule has 0 amide bonds. The Balaban J connectivity index is 1.76. The predicted octanol–water partition coefficient (Wildman–Crippen LogP) is 5.99. The summed E-state index contributed by atoms with van der Waals surface area (Å²) in [7, 11) is 0.906. The number of para-hydroxylation sites is 2. The minimum absolute atomic E-state index is 0.522. The van der Waals surface area contributed by atoms with Gasteiger partial charge in [-0.25, -0.2) is 4.67 Å². The Hall–Kier alpha value is -2.22. The minimum atomic E-state index is -1.17. The SMILES string of the molecule is CN(CCC1C=CC=C1)p1oc2ccccc2c2ccccc2o1. The van der Waals surface area contributed by atoms with Crippen LogP contribution in [0.1, 0.15) is 6.42 Å². The maximum atomic E-state index is 6.25. The highest BCUT2D eigenvalue weighted by atomic mass is 31.1. The van der Waals surface area contributed by atoms with E-state index in [0.29, 0.717) is 5.92 Å². The zero-order valence-corrected chi connectivity index (χ0v) is 14.5. The monoisotopic (exact) mass is 337 g/mol. The molecule has 4 rings (SSSR count). The van der Waals surface area contributed by atoms with Crippen molar-refractivity contribution in [1.29, 1.82) is 0 Å². The molecule has 0 bridgehead atoms. The lowest BCUT2D eigenvalue weighted by Crippen LogP contribution is -2.16. The highest BCUT2D eigenvalue weighted by Crippen LogP contribution is 2.36. The van der Waals surface area contributed by atoms with Crippen molar-refractivity contribution in [2.45, 2.75) is 6.42 Å². The lowest BCUT2D eigenvalue weighted by atomic mass is 10.1. The Labute approximate surface area is 142 Å². The second-order valence-electron chi connectivity index (χ2n) is 6.02. The standard InChI is InChI=1S/C20H20NO2P/c1-21(15-14-16-8-2-3-9-16)24-22-19-12-6-4-10-17(19)18-11-5-7-13-20(18)23-24/h2-13,16H,14-15H2,1H3. The summed E-state index contributed by atoms with van der Waals surface area (Å²) in [5.41, 5.74) is 1.78. The molecule has 3 nitrogen and oxygen atoms in total. The first kappa shape index (κ1) is 15.3. The first-order valence-corrected chi connectivity index (χ1v) is 9.35. The normalized spacial score (nSPS) is 14.2. The Morgan fingerprint density at radius 2 is 1.42 bits per heavy atom. The molecule has 0 fully saturated rings. The van der Waals surface area contributed by atoms with Crippen LogP contribution < -0.4 is 4.67 Å². The highest BCUT2D eigenvalue weighted by Gasteiger charge is 2.12. The number of hydrogen-bond acceptors (Lipinski definition) is 3. The molecule has 122 valence electrons. The average molecular weight is 337 g/mol. The molecule has 0 spiro atoms. The van der Waals surface area contributed by atoms with Crippen LogP contribution in [0.15, 0.2) is 81.2 Å². The van der Waals surface area contributed by atoms with E-state index in [1.807, 2.05) is 36.4 Å². The topological polar surface area (TPSA) is 29.5 Å². The lowest BCUT2D eigenvalue weighted by Gasteiger charge is -2.14. The molecule has 24 heavy (non-hydrogen) atoms. The highest BCUT2D eigenvalue weighted by molar-refractivity contribution is 7.38. The second kappa shape index (κ2) is 6.72. The van der Waals surface area contributed by atoms with E-state index in [1.165, 1.54) is 0 Å². The lowest BCUT2D eigenvalue weighted by molar-refractivity contribution is 0.618. The number of benzene rings is 2. The largest absolute Gasteiger partial charge is 0.408 e. The summed E-state index contributed by atoms with van der Waals surface area (Å²) < 4.78 is 14.7. The van der Waals surface area contributed by atoms with Crippen molar-refractivity contribution in [3.63, 3.8) is 0 Å². The molecule has 1 aliphatic rings. The van der Waals surface area contributed by atoms with Crippen molar-refractivity contribution >= 4 is 30.1 Å². The third-order valence-electron chi connectivity index (χ3n) is 4.31. The molecule has 1 heterocycles. The first-order chi connectivity index (χ1) is 11.8. The Morgan fingerprint density at radius 1 is 0.875 bits per heavy atom. The molecule has 1 aliphatic carbocycles. The molecular weight excluding hydrogens is 317 g/mol. The molecule has 0 saturated carbocycles. The van der Waals surface area contributed by atoms with Crippen molar-refractivity contribution in [3.8, 4) is 0 Å². The average Bonchev–Trinajstić information content (AvgIpc) is 3.07. The summed E-state index contributed by atoms with van der Waals surface area (Å²) in [5, 5.41) is 2.18. The van der Waals surface area contributed by atoms with Crippen LogP contribution in [0.4, 0.5) is 0 Å². The summed E-state index contributed by atoms with van der Waals surface area (Å²) >= 11 is 0. The van der Waals surface area contributed by atoms with E-state index in [1.54, 1.807) is 0 Å². The van der Waals surface area contributed by atoms with Crippen molar-refractivity contribution in [1.82, 2.24) is 0 Å². The Morgan fingerprint density at radius 3 is 2.00 bits per heavy atom. The summed E-state index contributed by atoms with van der Waals surface area (Å²) in [6.07, 6.45) is 9.77. The van der Waals surface area contributed by atoms with Gasteiger partial charge in [-0.15, -0.1) is 0 Å². The van der Waals surface area contributed by atoms with Crippen LogP contribution >= 0.6 is 8.16 Å². The van der Waals surface area contributed by atoms with Gasteiger partial charge in [0.2, 0.25) is 0 Å². The molecule has 3 aromatic rings. The van der Waals surface area contributed by atoms with Crippen molar-refractivity contribution in [2.24, 2.45) is 5.92 Å². The van der Waals surface area contributed by atoms with Gasteiger partial charge >= 0.3 is 8.16 Å². The number of fused-ring (bicyclic) bond motifs is 3. The second-order valence-corrected chi connectivity index (χ2v) is 7.54. The number of nitrogens with zero attached hydrogens (tertiary/aromatic N) is 1. The Kier molecular flexibility index (Phi) is 4.29. The van der Waals surface area contributed by atoms with Gasteiger partial charge in [-0.2, -0.15) is 0 Å². The van der Waals surface area contributed by atoms with Gasteiger partial charge < -0.3 is 8.39 Å². The van der Waals surface area contributed by atoms with Crippen LogP contribution in [0.2, 0.25) is 0 Å². The van der Waals surface area contributed by atoms with Crippen molar-refractivity contribution < 1.29 is 8.39 Å². The minimum Gasteiger partial charge on any atom is -0.408 e. The van der Waals surface area contributed by atoms with Gasteiger partial charge in [0, 0.05) is 24.4 Å². The zero-order valence-electron chi connectivity index (χ0n) is 13.6. The molecule has 0 saturated heterocycles.